The van der Waals surface area contributed by atoms with Gasteiger partial charge in [-0.15, -0.1) is 0 Å². The molecule has 4 fully saturated rings. The number of aliphatic hydroxyl groups excluding tert-OH is 5. The van der Waals surface area contributed by atoms with Crippen LogP contribution in [0.3, 0.4) is 0 Å². The zero-order chi connectivity index (χ0) is 69.5. The molecule has 10 rings (SSSR count). The molecule has 11 N–H and O–H groups in total. The first-order valence-corrected chi connectivity index (χ1v) is 33.0. The van der Waals surface area contributed by atoms with Crippen molar-refractivity contribution >= 4 is 30.5 Å². The number of nitrogens with two attached hydrogens (primary N) is 1. The Hall–Kier alpha value is -8.81. The van der Waals surface area contributed by atoms with Crippen molar-refractivity contribution in [2.75, 3.05) is 26.2 Å². The highest BCUT2D eigenvalue weighted by Crippen LogP contribution is 2.36. The molecule has 6 aromatic carbocycles. The maximum atomic E-state index is 14.2. The van der Waals surface area contributed by atoms with E-state index in [0.29, 0.717) is 40.7 Å². The molecule has 17 atom stereocenters. The lowest BCUT2D eigenvalue weighted by molar-refractivity contribution is -0.307. The number of aryl methyl sites for hydroxylation is 1. The molecule has 0 radical (unpaired) electrons. The Kier molecular flexibility index (Phi) is 27.1. The molecule has 27 nitrogen and oxygen atoms in total. The van der Waals surface area contributed by atoms with E-state index in [1.165, 1.54) is 4.90 Å². The largest absolute Gasteiger partial charge is 0.445 e. The van der Waals surface area contributed by atoms with Crippen molar-refractivity contribution < 1.29 is 102 Å². The third-order valence-electron chi connectivity index (χ3n) is 17.4. The number of amides is 5. The van der Waals surface area contributed by atoms with Gasteiger partial charge < -0.3 is 110 Å². The number of aliphatic hydroxyl groups is 5. The fourth-order valence-corrected chi connectivity index (χ4v) is 12.0. The van der Waals surface area contributed by atoms with Crippen LogP contribution >= 0.6 is 0 Å². The van der Waals surface area contributed by atoms with Crippen molar-refractivity contribution in [2.45, 2.75) is 169 Å². The monoisotopic (exact) mass is 1370 g/mol. The SMILES string of the molecule is NC[C@H]1O[C@@H](O[C@H]2[C@H](O[C@H]3O[C@H](CN(CCCc4ccccc4)C(=O)OCc4ccccc4)[C@@H](O)[C@H](O)[C@H]3NC(=O)OCc3ccccc3)[C@@H](NC(=O)OCc3ccccc3)CC[C@@H]2O)C[C@@H]1O[C@H]1O[C@@H](CNC(=O)OCc2ccccc2)[C@@H](O)[C@H](O)[C@H]1NC(=O)OCc1ccccc1. The molecule has 5 amide bonds. The van der Waals surface area contributed by atoms with Gasteiger partial charge in [0, 0.05) is 26.1 Å². The number of carbonyl (C=O) groups excluding carboxylic acids is 5. The molecular weight excluding hydrogens is 1280 g/mol. The number of ether oxygens (including phenoxy) is 11. The fraction of sp³-hybridized carbons (Fsp3) is 0.431. The Morgan fingerprint density at radius 1 is 0.455 bits per heavy atom. The Labute approximate surface area is 572 Å². The first kappa shape index (κ1) is 72.9. The second-order valence-electron chi connectivity index (χ2n) is 24.4. The van der Waals surface area contributed by atoms with Gasteiger partial charge >= 0.3 is 30.5 Å². The van der Waals surface area contributed by atoms with Crippen LogP contribution in [0.1, 0.15) is 59.1 Å². The Morgan fingerprint density at radius 2 is 0.879 bits per heavy atom. The van der Waals surface area contributed by atoms with E-state index in [0.717, 1.165) is 5.56 Å². The molecule has 0 bridgehead atoms. The Morgan fingerprint density at radius 3 is 1.36 bits per heavy atom. The van der Waals surface area contributed by atoms with Gasteiger partial charge in [-0.05, 0) is 59.1 Å². The maximum Gasteiger partial charge on any atom is 0.410 e. The molecule has 3 heterocycles. The van der Waals surface area contributed by atoms with Crippen molar-refractivity contribution in [3.8, 4) is 0 Å². The number of nitrogens with zero attached hydrogens (tertiary/aromatic N) is 1. The molecule has 27 heteroatoms. The summed E-state index contributed by atoms with van der Waals surface area (Å²) in [5.74, 6) is 0. The molecule has 1 saturated carbocycles. The summed E-state index contributed by atoms with van der Waals surface area (Å²) < 4.78 is 67.5. The van der Waals surface area contributed by atoms with E-state index < -0.39 is 141 Å². The van der Waals surface area contributed by atoms with E-state index in [4.69, 9.17) is 57.8 Å². The highest BCUT2D eigenvalue weighted by molar-refractivity contribution is 5.69. The van der Waals surface area contributed by atoms with Crippen LogP contribution in [0.4, 0.5) is 24.0 Å². The van der Waals surface area contributed by atoms with Gasteiger partial charge in [0.1, 0.15) is 93.9 Å². The zero-order valence-electron chi connectivity index (χ0n) is 54.3. The second-order valence-corrected chi connectivity index (χ2v) is 24.4. The van der Waals surface area contributed by atoms with Crippen molar-refractivity contribution in [1.82, 2.24) is 26.2 Å². The van der Waals surface area contributed by atoms with Gasteiger partial charge in [0.25, 0.3) is 0 Å². The molecule has 99 heavy (non-hydrogen) atoms. The molecule has 530 valence electrons. The third kappa shape index (κ3) is 21.4. The molecule has 0 aromatic heterocycles. The topological polar surface area (TPSA) is 365 Å². The van der Waals surface area contributed by atoms with Crippen LogP contribution < -0.4 is 27.0 Å². The van der Waals surface area contributed by atoms with Crippen LogP contribution in [0, 0.1) is 0 Å². The number of benzene rings is 6. The third-order valence-corrected chi connectivity index (χ3v) is 17.4. The minimum absolute atomic E-state index is 0.0198. The first-order chi connectivity index (χ1) is 48.1. The first-order valence-electron chi connectivity index (χ1n) is 33.0. The summed E-state index contributed by atoms with van der Waals surface area (Å²) in [7, 11) is 0. The summed E-state index contributed by atoms with van der Waals surface area (Å²) >= 11 is 0. The van der Waals surface area contributed by atoms with E-state index in [1.807, 2.05) is 48.5 Å². The molecule has 4 aliphatic rings. The van der Waals surface area contributed by atoms with Crippen molar-refractivity contribution in [3.63, 3.8) is 0 Å². The lowest BCUT2D eigenvalue weighted by Gasteiger charge is -2.47. The van der Waals surface area contributed by atoms with Crippen LogP contribution in [-0.2, 0) is 91.6 Å². The number of rotatable bonds is 28. The van der Waals surface area contributed by atoms with E-state index in [9.17, 15) is 49.5 Å². The molecule has 1 aliphatic carbocycles. The van der Waals surface area contributed by atoms with Crippen molar-refractivity contribution in [1.29, 1.82) is 0 Å². The van der Waals surface area contributed by atoms with Gasteiger partial charge in [0.2, 0.25) is 0 Å². The minimum atomic E-state index is -1.91. The smallest absolute Gasteiger partial charge is 0.410 e. The molecule has 6 aromatic rings. The standard InChI is InChI=1S/C72H86N6O21/c73-37-54-53(95-66-58(76-70(86)91-42-48-26-13-4-14-27-48)62(82)60(80)55(96-66)38-74-68(84)89-40-46-22-9-2-10-23-46)36-57(94-54)98-65-52(79)34-33-51(75-69(85)90-41-47-24-11-3-12-25-47)64(65)99-67-59(77-71(87)92-43-49-28-15-5-16-29-49)63(83)61(81)56(97-67)39-78(35-19-32-45-20-7-1-8-21-45)72(88)93-44-50-30-17-6-18-31-50/h1-18,20-31,51-67,79-83H,19,32-44,73H2,(H,74,84)(H,75,85)(H,76,86)(H,77,87)/t51-,52-,53-,54+,55-,56+,57-,58+,59+,60+,61+,62+,63+,64+,65+,66-,67+/m0/s1. The highest BCUT2D eigenvalue weighted by Gasteiger charge is 2.54. The van der Waals surface area contributed by atoms with Gasteiger partial charge in [-0.25, -0.2) is 24.0 Å². The van der Waals surface area contributed by atoms with Crippen LogP contribution in [0.5, 0.6) is 0 Å². The normalized spacial score (nSPS) is 27.3. The predicted octanol–water partition coefficient (Wildman–Crippen LogP) is 5.35. The van der Waals surface area contributed by atoms with Gasteiger partial charge in [0.05, 0.1) is 30.9 Å². The van der Waals surface area contributed by atoms with E-state index >= 15 is 0 Å². The number of hydrogen-bond donors (Lipinski definition) is 10. The van der Waals surface area contributed by atoms with Crippen LogP contribution in [0.15, 0.2) is 182 Å². The Balaban J connectivity index is 0.912. The Bertz CT molecular complexity index is 3440. The quantitative estimate of drug-likeness (QED) is 0.0277. The number of hydrogen-bond acceptors (Lipinski definition) is 22. The van der Waals surface area contributed by atoms with Crippen LogP contribution in [-0.4, -0.2) is 191 Å². The summed E-state index contributed by atoms with van der Waals surface area (Å²) in [5.41, 5.74) is 10.7. The summed E-state index contributed by atoms with van der Waals surface area (Å²) in [4.78, 5) is 69.9. The van der Waals surface area contributed by atoms with Crippen molar-refractivity contribution in [3.05, 3.63) is 215 Å². The second kappa shape index (κ2) is 36.9. The summed E-state index contributed by atoms with van der Waals surface area (Å²) in [6.45, 7) is -1.58. The number of alkyl carbamates (subject to hydrolysis) is 4. The highest BCUT2D eigenvalue weighted by atomic mass is 16.7. The predicted molar refractivity (Wildman–Crippen MR) is 352 cm³/mol. The molecule has 3 aliphatic heterocycles. The summed E-state index contributed by atoms with van der Waals surface area (Å²) in [6.07, 6.45) is -25.2. The van der Waals surface area contributed by atoms with Crippen LogP contribution in [0.25, 0.3) is 0 Å². The van der Waals surface area contributed by atoms with E-state index in [2.05, 4.69) is 21.3 Å². The van der Waals surface area contributed by atoms with Gasteiger partial charge in [-0.2, -0.15) is 0 Å². The molecule has 0 unspecified atom stereocenters. The zero-order valence-corrected chi connectivity index (χ0v) is 54.3. The van der Waals surface area contributed by atoms with Gasteiger partial charge in [-0.1, -0.05) is 182 Å². The van der Waals surface area contributed by atoms with Crippen molar-refractivity contribution in [2.24, 2.45) is 5.73 Å². The van der Waals surface area contributed by atoms with Crippen LogP contribution in [0.2, 0.25) is 0 Å². The molecule has 3 saturated heterocycles. The lowest BCUT2D eigenvalue weighted by atomic mass is 9.87. The maximum absolute atomic E-state index is 14.2. The molecular formula is C72H86N6O21. The van der Waals surface area contributed by atoms with Gasteiger partial charge in [-0.3, -0.25) is 0 Å². The minimum Gasteiger partial charge on any atom is -0.445 e. The lowest BCUT2D eigenvalue weighted by Crippen LogP contribution is -2.68. The fourth-order valence-electron chi connectivity index (χ4n) is 12.0. The number of carbonyl (C=O) groups is 5. The van der Waals surface area contributed by atoms with Gasteiger partial charge in [0.15, 0.2) is 18.9 Å². The molecule has 0 spiro atoms. The summed E-state index contributed by atoms with van der Waals surface area (Å²) in [5, 5.41) is 70.4. The average molecular weight is 1370 g/mol. The van der Waals surface area contributed by atoms with E-state index in [1.54, 1.807) is 133 Å². The summed E-state index contributed by atoms with van der Waals surface area (Å²) in [6, 6.07) is 49.7. The number of nitrogens with one attached hydrogen (secondary N) is 4. The average Bonchev–Trinajstić information content (AvgIpc) is 1.77. The van der Waals surface area contributed by atoms with E-state index in [-0.39, 0.29) is 71.9 Å².